The third-order valence-electron chi connectivity index (χ3n) is 3.06. The number of carbonyl (C=O) groups excluding carboxylic acids is 1. The normalized spacial score (nSPS) is 20.2. The molecule has 0 saturated carbocycles. The lowest BCUT2D eigenvalue weighted by Gasteiger charge is -2.37. The number of hydrogen-bond donors (Lipinski definition) is 1. The van der Waals surface area contributed by atoms with Crippen LogP contribution >= 0.6 is 0 Å². The highest BCUT2D eigenvalue weighted by Crippen LogP contribution is 2.24. The van der Waals surface area contributed by atoms with Gasteiger partial charge in [-0.25, -0.2) is 4.79 Å². The molecule has 1 aromatic rings. The Hall–Kier alpha value is -1.55. The fourth-order valence-corrected chi connectivity index (χ4v) is 2.22. The fourth-order valence-electron chi connectivity index (χ4n) is 2.22. The van der Waals surface area contributed by atoms with Gasteiger partial charge < -0.3 is 10.1 Å². The molecule has 1 unspecified atom stereocenters. The minimum Gasteiger partial charge on any atom is -0.444 e. The number of hydrogen-bond acceptors (Lipinski definition) is 3. The number of rotatable bonds is 1. The molecule has 4 heteroatoms. The first-order chi connectivity index (χ1) is 8.97. The standard InChI is InChI=1S/C15H22N2O2/c1-15(2,3)19-14(18)17-10-9-16-11-13(17)12-7-5-4-6-8-12/h4-8,13,16H,9-11H2,1-3H3. The van der Waals surface area contributed by atoms with Crippen LogP contribution in [-0.4, -0.2) is 36.2 Å². The largest absolute Gasteiger partial charge is 0.444 e. The summed E-state index contributed by atoms with van der Waals surface area (Å²) < 4.78 is 5.49. The molecule has 1 aromatic carbocycles. The van der Waals surface area contributed by atoms with Gasteiger partial charge in [-0.05, 0) is 26.3 Å². The van der Waals surface area contributed by atoms with Crippen molar-refractivity contribution in [3.05, 3.63) is 35.9 Å². The fraction of sp³-hybridized carbons (Fsp3) is 0.533. The Morgan fingerprint density at radius 3 is 2.63 bits per heavy atom. The Kier molecular flexibility index (Phi) is 4.10. The molecule has 0 spiro atoms. The van der Waals surface area contributed by atoms with Crippen molar-refractivity contribution in [1.29, 1.82) is 0 Å². The number of amides is 1. The van der Waals surface area contributed by atoms with Crippen molar-refractivity contribution in [2.75, 3.05) is 19.6 Å². The lowest BCUT2D eigenvalue weighted by Crippen LogP contribution is -2.50. The minimum atomic E-state index is -0.455. The van der Waals surface area contributed by atoms with Gasteiger partial charge in [-0.3, -0.25) is 4.90 Å². The molecule has 104 valence electrons. The van der Waals surface area contributed by atoms with E-state index in [-0.39, 0.29) is 12.1 Å². The summed E-state index contributed by atoms with van der Waals surface area (Å²) in [4.78, 5) is 14.1. The number of ether oxygens (including phenoxy) is 1. The van der Waals surface area contributed by atoms with Crippen LogP contribution < -0.4 is 5.32 Å². The maximum absolute atomic E-state index is 12.3. The quantitative estimate of drug-likeness (QED) is 0.845. The van der Waals surface area contributed by atoms with Crippen LogP contribution in [-0.2, 0) is 4.74 Å². The number of nitrogens with zero attached hydrogens (tertiary/aromatic N) is 1. The van der Waals surface area contributed by atoms with Crippen molar-refractivity contribution in [2.24, 2.45) is 0 Å². The molecule has 0 aromatic heterocycles. The zero-order valence-electron chi connectivity index (χ0n) is 11.8. The molecule has 1 atom stereocenters. The molecular formula is C15H22N2O2. The van der Waals surface area contributed by atoms with Crippen molar-refractivity contribution < 1.29 is 9.53 Å². The summed E-state index contributed by atoms with van der Waals surface area (Å²) in [6, 6.07) is 10.1. The Bertz CT molecular complexity index is 426. The van der Waals surface area contributed by atoms with Gasteiger partial charge in [0.1, 0.15) is 5.60 Å². The number of piperazine rings is 1. The van der Waals surface area contributed by atoms with Crippen molar-refractivity contribution >= 4 is 6.09 Å². The van der Waals surface area contributed by atoms with Gasteiger partial charge in [-0.15, -0.1) is 0 Å². The molecule has 1 amide bonds. The first kappa shape index (κ1) is 13.9. The molecule has 19 heavy (non-hydrogen) atoms. The second-order valence-electron chi connectivity index (χ2n) is 5.80. The zero-order chi connectivity index (χ0) is 13.9. The Morgan fingerprint density at radius 1 is 1.32 bits per heavy atom. The van der Waals surface area contributed by atoms with Crippen LogP contribution in [0.15, 0.2) is 30.3 Å². The van der Waals surface area contributed by atoms with Gasteiger partial charge in [0.2, 0.25) is 0 Å². The highest BCUT2D eigenvalue weighted by molar-refractivity contribution is 5.69. The Morgan fingerprint density at radius 2 is 2.00 bits per heavy atom. The van der Waals surface area contributed by atoms with Crippen LogP contribution in [0.4, 0.5) is 4.79 Å². The summed E-state index contributed by atoms with van der Waals surface area (Å²) >= 11 is 0. The topological polar surface area (TPSA) is 41.6 Å². The summed E-state index contributed by atoms with van der Waals surface area (Å²) in [5.74, 6) is 0. The van der Waals surface area contributed by atoms with Crippen molar-refractivity contribution in [1.82, 2.24) is 10.2 Å². The number of nitrogens with one attached hydrogen (secondary N) is 1. The molecule has 1 aliphatic heterocycles. The number of benzene rings is 1. The average Bonchev–Trinajstić information content (AvgIpc) is 2.38. The maximum atomic E-state index is 12.3. The summed E-state index contributed by atoms with van der Waals surface area (Å²) in [5.41, 5.74) is 0.684. The maximum Gasteiger partial charge on any atom is 0.410 e. The first-order valence-corrected chi connectivity index (χ1v) is 6.73. The summed E-state index contributed by atoms with van der Waals surface area (Å²) in [6.45, 7) is 7.93. The van der Waals surface area contributed by atoms with Crippen LogP contribution in [0.3, 0.4) is 0 Å². The van der Waals surface area contributed by atoms with Crippen LogP contribution in [0.1, 0.15) is 32.4 Å². The van der Waals surface area contributed by atoms with Crippen LogP contribution in [0.25, 0.3) is 0 Å². The van der Waals surface area contributed by atoms with E-state index in [0.717, 1.165) is 18.7 Å². The zero-order valence-corrected chi connectivity index (χ0v) is 11.8. The summed E-state index contributed by atoms with van der Waals surface area (Å²) in [6.07, 6.45) is -0.233. The van der Waals surface area contributed by atoms with E-state index < -0.39 is 5.60 Å². The van der Waals surface area contributed by atoms with E-state index in [1.54, 1.807) is 0 Å². The number of carbonyl (C=O) groups is 1. The smallest absolute Gasteiger partial charge is 0.410 e. The molecule has 1 N–H and O–H groups in total. The molecular weight excluding hydrogens is 240 g/mol. The molecule has 0 bridgehead atoms. The van der Waals surface area contributed by atoms with Gasteiger partial charge in [0, 0.05) is 19.6 Å². The molecule has 1 heterocycles. The Labute approximate surface area is 114 Å². The van der Waals surface area contributed by atoms with Crippen molar-refractivity contribution in [3.63, 3.8) is 0 Å². The molecule has 0 radical (unpaired) electrons. The van der Waals surface area contributed by atoms with Crippen molar-refractivity contribution in [3.8, 4) is 0 Å². The van der Waals surface area contributed by atoms with Crippen molar-refractivity contribution in [2.45, 2.75) is 32.4 Å². The van der Waals surface area contributed by atoms with Gasteiger partial charge in [0.15, 0.2) is 0 Å². The summed E-state index contributed by atoms with van der Waals surface area (Å²) in [5, 5.41) is 3.33. The molecule has 1 saturated heterocycles. The van der Waals surface area contributed by atoms with Gasteiger partial charge >= 0.3 is 6.09 Å². The van der Waals surface area contributed by atoms with Crippen LogP contribution in [0, 0.1) is 0 Å². The molecule has 4 nitrogen and oxygen atoms in total. The van der Waals surface area contributed by atoms with E-state index >= 15 is 0 Å². The average molecular weight is 262 g/mol. The van der Waals surface area contributed by atoms with Crippen LogP contribution in [0.5, 0.6) is 0 Å². The predicted molar refractivity (Wildman–Crippen MR) is 75.0 cm³/mol. The van der Waals surface area contributed by atoms with Gasteiger partial charge in [0.05, 0.1) is 6.04 Å². The lowest BCUT2D eigenvalue weighted by molar-refractivity contribution is 0.0118. The van der Waals surface area contributed by atoms with E-state index in [9.17, 15) is 4.79 Å². The molecule has 2 rings (SSSR count). The Balaban J connectivity index is 2.15. The van der Waals surface area contributed by atoms with Gasteiger partial charge in [-0.2, -0.15) is 0 Å². The van der Waals surface area contributed by atoms with E-state index in [4.69, 9.17) is 4.74 Å². The SMILES string of the molecule is CC(C)(C)OC(=O)N1CCNCC1c1ccccc1. The minimum absolute atomic E-state index is 0.0461. The highest BCUT2D eigenvalue weighted by Gasteiger charge is 2.31. The van der Waals surface area contributed by atoms with Gasteiger partial charge in [-0.1, -0.05) is 30.3 Å². The van der Waals surface area contributed by atoms with Crippen LogP contribution in [0.2, 0.25) is 0 Å². The highest BCUT2D eigenvalue weighted by atomic mass is 16.6. The van der Waals surface area contributed by atoms with E-state index in [1.807, 2.05) is 43.9 Å². The molecule has 1 aliphatic rings. The van der Waals surface area contributed by atoms with E-state index in [1.165, 1.54) is 0 Å². The molecule has 1 fully saturated rings. The van der Waals surface area contributed by atoms with E-state index in [2.05, 4.69) is 17.4 Å². The second kappa shape index (κ2) is 5.61. The summed E-state index contributed by atoms with van der Waals surface area (Å²) in [7, 11) is 0. The molecule has 0 aliphatic carbocycles. The lowest BCUT2D eigenvalue weighted by atomic mass is 10.0. The predicted octanol–water partition coefficient (Wildman–Crippen LogP) is 2.57. The third kappa shape index (κ3) is 3.70. The second-order valence-corrected chi connectivity index (χ2v) is 5.80. The van der Waals surface area contributed by atoms with E-state index in [0.29, 0.717) is 6.54 Å². The third-order valence-corrected chi connectivity index (χ3v) is 3.06. The van der Waals surface area contributed by atoms with Gasteiger partial charge in [0.25, 0.3) is 0 Å². The first-order valence-electron chi connectivity index (χ1n) is 6.73. The monoisotopic (exact) mass is 262 g/mol.